The first-order valence-corrected chi connectivity index (χ1v) is 5.73. The van der Waals surface area contributed by atoms with Gasteiger partial charge < -0.3 is 5.11 Å². The lowest BCUT2D eigenvalue weighted by Gasteiger charge is -2.21. The van der Waals surface area contributed by atoms with Crippen molar-refractivity contribution in [2.45, 2.75) is 39.5 Å². The van der Waals surface area contributed by atoms with E-state index in [0.29, 0.717) is 5.56 Å². The number of hydrogen-bond donors (Lipinski definition) is 1. The molecule has 0 aliphatic carbocycles. The summed E-state index contributed by atoms with van der Waals surface area (Å²) in [6.07, 6.45) is 0.193. The minimum Gasteiger partial charge on any atom is -0.507 e. The molecule has 0 atom stereocenters. The number of non-ortho nitro benzene ring substituents is 1. The number of phenols is 1. The van der Waals surface area contributed by atoms with Crippen LogP contribution in [0.25, 0.3) is 0 Å². The SMILES string of the molecule is CCC(=O)c1cc([N+](=O)[O-])cc(C(C)(C)C)c1O. The van der Waals surface area contributed by atoms with Gasteiger partial charge in [-0.15, -0.1) is 0 Å². The molecule has 0 aliphatic heterocycles. The molecule has 1 rings (SSSR count). The summed E-state index contributed by atoms with van der Waals surface area (Å²) in [6, 6.07) is 2.46. The quantitative estimate of drug-likeness (QED) is 0.508. The van der Waals surface area contributed by atoms with Crippen molar-refractivity contribution in [1.82, 2.24) is 0 Å². The van der Waals surface area contributed by atoms with E-state index in [1.807, 2.05) is 20.8 Å². The van der Waals surface area contributed by atoms with Crippen LogP contribution in [0.4, 0.5) is 5.69 Å². The number of aromatic hydroxyl groups is 1. The summed E-state index contributed by atoms with van der Waals surface area (Å²) in [4.78, 5) is 22.0. The van der Waals surface area contributed by atoms with Crippen molar-refractivity contribution in [3.63, 3.8) is 0 Å². The lowest BCUT2D eigenvalue weighted by atomic mass is 9.84. The van der Waals surface area contributed by atoms with Gasteiger partial charge >= 0.3 is 0 Å². The van der Waals surface area contributed by atoms with Gasteiger partial charge in [-0.1, -0.05) is 27.7 Å². The number of nitro groups is 1. The molecule has 0 fully saturated rings. The Morgan fingerprint density at radius 1 is 1.39 bits per heavy atom. The monoisotopic (exact) mass is 251 g/mol. The Hall–Kier alpha value is -1.91. The average molecular weight is 251 g/mol. The molecule has 98 valence electrons. The number of nitrogens with zero attached hydrogens (tertiary/aromatic N) is 1. The van der Waals surface area contributed by atoms with Crippen LogP contribution in [-0.4, -0.2) is 15.8 Å². The van der Waals surface area contributed by atoms with Crippen LogP contribution < -0.4 is 0 Å². The zero-order valence-electron chi connectivity index (χ0n) is 11.0. The third-order valence-electron chi connectivity index (χ3n) is 2.74. The predicted molar refractivity (Wildman–Crippen MR) is 68.1 cm³/mol. The molecule has 5 nitrogen and oxygen atoms in total. The largest absolute Gasteiger partial charge is 0.507 e. The molecule has 0 saturated carbocycles. The van der Waals surface area contributed by atoms with Crippen LogP contribution in [0.3, 0.4) is 0 Å². The molecule has 0 saturated heterocycles. The molecule has 0 aromatic heterocycles. The highest BCUT2D eigenvalue weighted by Gasteiger charge is 2.26. The predicted octanol–water partition coefficient (Wildman–Crippen LogP) is 3.19. The van der Waals surface area contributed by atoms with E-state index in [0.717, 1.165) is 6.07 Å². The second-order valence-corrected chi connectivity index (χ2v) is 5.17. The number of nitro benzene ring substituents is 1. The van der Waals surface area contributed by atoms with Gasteiger partial charge in [0.1, 0.15) is 5.75 Å². The van der Waals surface area contributed by atoms with Crippen LogP contribution in [0.5, 0.6) is 5.75 Å². The van der Waals surface area contributed by atoms with E-state index >= 15 is 0 Å². The Kier molecular flexibility index (Phi) is 3.74. The molecular weight excluding hydrogens is 234 g/mol. The van der Waals surface area contributed by atoms with Crippen molar-refractivity contribution >= 4 is 11.5 Å². The van der Waals surface area contributed by atoms with Gasteiger partial charge in [0, 0.05) is 24.1 Å². The summed E-state index contributed by atoms with van der Waals surface area (Å²) in [6.45, 7) is 7.13. The topological polar surface area (TPSA) is 80.4 Å². The van der Waals surface area contributed by atoms with E-state index in [4.69, 9.17) is 0 Å². The second-order valence-electron chi connectivity index (χ2n) is 5.17. The number of hydrogen-bond acceptors (Lipinski definition) is 4. The van der Waals surface area contributed by atoms with Crippen molar-refractivity contribution in [1.29, 1.82) is 0 Å². The van der Waals surface area contributed by atoms with Gasteiger partial charge in [-0.2, -0.15) is 0 Å². The molecule has 0 radical (unpaired) electrons. The van der Waals surface area contributed by atoms with Gasteiger partial charge in [0.2, 0.25) is 0 Å². The Morgan fingerprint density at radius 3 is 2.33 bits per heavy atom. The highest BCUT2D eigenvalue weighted by Crippen LogP contribution is 2.37. The average Bonchev–Trinajstić information content (AvgIpc) is 2.26. The summed E-state index contributed by atoms with van der Waals surface area (Å²) in [5.74, 6) is -0.457. The molecule has 0 bridgehead atoms. The lowest BCUT2D eigenvalue weighted by molar-refractivity contribution is -0.385. The summed E-state index contributed by atoms with van der Waals surface area (Å²) in [7, 11) is 0. The summed E-state index contributed by atoms with van der Waals surface area (Å²) >= 11 is 0. The Morgan fingerprint density at radius 2 is 1.94 bits per heavy atom. The van der Waals surface area contributed by atoms with Gasteiger partial charge in [0.25, 0.3) is 5.69 Å². The number of carbonyl (C=O) groups excluding carboxylic acids is 1. The number of ketones is 1. The fourth-order valence-corrected chi connectivity index (χ4v) is 1.70. The number of rotatable bonds is 3. The zero-order valence-corrected chi connectivity index (χ0v) is 11.0. The minimum atomic E-state index is -0.554. The molecule has 18 heavy (non-hydrogen) atoms. The van der Waals surface area contributed by atoms with E-state index < -0.39 is 10.3 Å². The molecule has 5 heteroatoms. The normalized spacial score (nSPS) is 11.3. The lowest BCUT2D eigenvalue weighted by Crippen LogP contribution is -2.14. The highest BCUT2D eigenvalue weighted by atomic mass is 16.6. The maximum Gasteiger partial charge on any atom is 0.270 e. The summed E-state index contributed by atoms with van der Waals surface area (Å²) in [5.41, 5.74) is -0.210. The molecule has 0 aliphatic rings. The first-order valence-electron chi connectivity index (χ1n) is 5.73. The summed E-state index contributed by atoms with van der Waals surface area (Å²) < 4.78 is 0. The smallest absolute Gasteiger partial charge is 0.270 e. The van der Waals surface area contributed by atoms with Crippen LogP contribution in [0.2, 0.25) is 0 Å². The molecule has 0 unspecified atom stereocenters. The van der Waals surface area contributed by atoms with Crippen LogP contribution in [0.15, 0.2) is 12.1 Å². The molecule has 0 amide bonds. The highest BCUT2D eigenvalue weighted by molar-refractivity contribution is 5.99. The first kappa shape index (κ1) is 14.2. The van der Waals surface area contributed by atoms with Crippen molar-refractivity contribution in [2.75, 3.05) is 0 Å². The zero-order chi connectivity index (χ0) is 14.1. The number of benzene rings is 1. The van der Waals surface area contributed by atoms with Gasteiger partial charge in [-0.25, -0.2) is 0 Å². The van der Waals surface area contributed by atoms with Gasteiger partial charge in [-0.3, -0.25) is 14.9 Å². The Labute approximate surface area is 106 Å². The maximum absolute atomic E-state index is 11.7. The van der Waals surface area contributed by atoms with Gasteiger partial charge in [0.05, 0.1) is 10.5 Å². The molecular formula is C13H17NO4. The number of Topliss-reactive ketones (excluding diaryl/α,β-unsaturated/α-hetero) is 1. The van der Waals surface area contributed by atoms with Gasteiger partial charge in [0.15, 0.2) is 5.78 Å². The number of carbonyl (C=O) groups is 1. The van der Waals surface area contributed by atoms with Crippen molar-refractivity contribution < 1.29 is 14.8 Å². The molecule has 0 heterocycles. The molecule has 1 N–H and O–H groups in total. The van der Waals surface area contributed by atoms with E-state index in [1.54, 1.807) is 6.92 Å². The van der Waals surface area contributed by atoms with E-state index in [9.17, 15) is 20.0 Å². The fourth-order valence-electron chi connectivity index (χ4n) is 1.70. The van der Waals surface area contributed by atoms with E-state index in [2.05, 4.69) is 0 Å². The van der Waals surface area contributed by atoms with E-state index in [-0.39, 0.29) is 29.2 Å². The minimum absolute atomic E-state index is 0.0247. The van der Waals surface area contributed by atoms with Crippen LogP contribution >= 0.6 is 0 Å². The van der Waals surface area contributed by atoms with Crippen molar-refractivity contribution in [2.24, 2.45) is 0 Å². The second kappa shape index (κ2) is 4.76. The third kappa shape index (κ3) is 2.67. The Bertz CT molecular complexity index is 500. The van der Waals surface area contributed by atoms with Crippen LogP contribution in [0, 0.1) is 10.1 Å². The third-order valence-corrected chi connectivity index (χ3v) is 2.74. The fraction of sp³-hybridized carbons (Fsp3) is 0.462. The first-order chi connectivity index (χ1) is 8.18. The van der Waals surface area contributed by atoms with Crippen LogP contribution in [-0.2, 0) is 5.41 Å². The summed E-state index contributed by atoms with van der Waals surface area (Å²) in [5, 5.41) is 21.0. The molecule has 1 aromatic rings. The number of phenolic OH excluding ortho intramolecular Hbond substituents is 1. The van der Waals surface area contributed by atoms with Crippen molar-refractivity contribution in [3.8, 4) is 5.75 Å². The van der Waals surface area contributed by atoms with Gasteiger partial charge in [-0.05, 0) is 5.41 Å². The van der Waals surface area contributed by atoms with E-state index in [1.165, 1.54) is 6.07 Å². The Balaban J connectivity index is 3.58. The van der Waals surface area contributed by atoms with Crippen molar-refractivity contribution in [3.05, 3.63) is 33.4 Å². The standard InChI is InChI=1S/C13H17NO4/c1-5-11(15)9-6-8(14(17)18)7-10(12(9)16)13(2,3)4/h6-7,16H,5H2,1-4H3. The molecule has 1 aromatic carbocycles. The molecule has 0 spiro atoms. The maximum atomic E-state index is 11.7. The van der Waals surface area contributed by atoms with Crippen LogP contribution in [0.1, 0.15) is 50.0 Å².